The average Bonchev–Trinajstić information content (AvgIpc) is 2.65. The van der Waals surface area contributed by atoms with Gasteiger partial charge in [0.05, 0.1) is 5.02 Å². The normalized spacial score (nSPS) is 11.8. The molecule has 0 fully saturated rings. The zero-order chi connectivity index (χ0) is 12.6. The van der Waals surface area contributed by atoms with Crippen LogP contribution < -0.4 is 5.50 Å². The van der Waals surface area contributed by atoms with Crippen LogP contribution in [0.1, 0.15) is 0 Å². The Morgan fingerprint density at radius 3 is 2.35 bits per heavy atom. The summed E-state index contributed by atoms with van der Waals surface area (Å²) in [6.07, 6.45) is 0. The van der Waals surface area contributed by atoms with Crippen molar-refractivity contribution in [3.8, 4) is 11.3 Å². The van der Waals surface area contributed by atoms with E-state index in [9.17, 15) is 4.57 Å². The minimum atomic E-state index is -4.38. The Balaban J connectivity index is 2.48. The lowest BCUT2D eigenvalue weighted by Crippen LogP contribution is -1.98. The number of halogens is 2. The van der Waals surface area contributed by atoms with Crippen LogP contribution in [0.4, 0.5) is 0 Å². The summed E-state index contributed by atoms with van der Waals surface area (Å²) in [5.41, 5.74) is 0.134. The minimum Gasteiger partial charge on any atom is -0.448 e. The van der Waals surface area contributed by atoms with Crippen molar-refractivity contribution < 1.29 is 18.8 Å². The Hall–Kier alpha value is -0.770. The van der Waals surface area contributed by atoms with Gasteiger partial charge in [-0.2, -0.15) is 0 Å². The first-order valence-corrected chi connectivity index (χ1v) is 6.86. The van der Waals surface area contributed by atoms with Crippen LogP contribution in [-0.4, -0.2) is 9.79 Å². The van der Waals surface area contributed by atoms with Crippen molar-refractivity contribution in [3.63, 3.8) is 0 Å². The van der Waals surface area contributed by atoms with Gasteiger partial charge in [-0.3, -0.25) is 4.57 Å². The van der Waals surface area contributed by atoms with Crippen molar-refractivity contribution in [2.24, 2.45) is 0 Å². The Morgan fingerprint density at radius 2 is 1.82 bits per heavy atom. The molecule has 0 radical (unpaired) electrons. The van der Waals surface area contributed by atoms with E-state index in [0.29, 0.717) is 15.6 Å². The molecule has 0 unspecified atom stereocenters. The fourth-order valence-electron chi connectivity index (χ4n) is 1.32. The molecule has 0 saturated heterocycles. The highest BCUT2D eigenvalue weighted by atomic mass is 35.5. The third kappa shape index (κ3) is 2.73. The lowest BCUT2D eigenvalue weighted by Gasteiger charge is -2.02. The second-order valence-corrected chi connectivity index (χ2v) is 5.68. The van der Waals surface area contributed by atoms with Crippen LogP contribution in [0.15, 0.2) is 34.7 Å². The molecule has 0 spiro atoms. The summed E-state index contributed by atoms with van der Waals surface area (Å²) in [6, 6.07) is 7.43. The maximum absolute atomic E-state index is 11.0. The van der Waals surface area contributed by atoms with Crippen molar-refractivity contribution in [1.29, 1.82) is 0 Å². The Kier molecular flexibility index (Phi) is 3.34. The fourth-order valence-corrected chi connectivity index (χ4v) is 2.31. The Morgan fingerprint density at radius 1 is 1.12 bits per heavy atom. The third-order valence-corrected chi connectivity index (χ3v) is 3.44. The highest BCUT2D eigenvalue weighted by Crippen LogP contribution is 2.37. The van der Waals surface area contributed by atoms with E-state index in [0.717, 1.165) is 0 Å². The molecule has 0 aliphatic heterocycles. The molecule has 4 nitrogen and oxygen atoms in total. The SMILES string of the molecule is O=P(O)(O)c1ccc(-c2ccc(Cl)cc2Cl)o1. The van der Waals surface area contributed by atoms with Crippen LogP contribution in [0.3, 0.4) is 0 Å². The standard InChI is InChI=1S/C10H7Cl2O4P/c11-6-1-2-7(8(12)5-6)9-3-4-10(16-9)17(13,14)15/h1-5H,(H2,13,14,15). The maximum Gasteiger partial charge on any atom is 0.391 e. The number of benzene rings is 1. The summed E-state index contributed by atoms with van der Waals surface area (Å²) >= 11 is 11.7. The molecule has 2 N–H and O–H groups in total. The summed E-state index contributed by atoms with van der Waals surface area (Å²) in [7, 11) is -4.38. The van der Waals surface area contributed by atoms with Crippen molar-refractivity contribution >= 4 is 36.3 Å². The topological polar surface area (TPSA) is 70.7 Å². The van der Waals surface area contributed by atoms with Crippen molar-refractivity contribution in [2.75, 3.05) is 0 Å². The van der Waals surface area contributed by atoms with Crippen molar-refractivity contribution in [2.45, 2.75) is 0 Å². The molecule has 0 bridgehead atoms. The molecule has 7 heteroatoms. The second kappa shape index (κ2) is 4.48. The van der Waals surface area contributed by atoms with Gasteiger partial charge in [0.15, 0.2) is 0 Å². The molecule has 1 heterocycles. The molecule has 0 saturated carbocycles. The average molecular weight is 293 g/mol. The van der Waals surface area contributed by atoms with Crippen LogP contribution >= 0.6 is 30.8 Å². The Bertz CT molecular complexity index is 602. The number of hydrogen-bond acceptors (Lipinski definition) is 2. The van der Waals surface area contributed by atoms with E-state index in [1.165, 1.54) is 18.2 Å². The van der Waals surface area contributed by atoms with Gasteiger partial charge in [0.1, 0.15) is 5.76 Å². The molecule has 1 aromatic heterocycles. The van der Waals surface area contributed by atoms with Gasteiger partial charge >= 0.3 is 7.60 Å². The predicted octanol–water partition coefficient (Wildman–Crippen LogP) is 3.06. The molecular weight excluding hydrogens is 286 g/mol. The molecule has 0 amide bonds. The lowest BCUT2D eigenvalue weighted by molar-refractivity contribution is 0.377. The molecule has 1 aromatic carbocycles. The molecule has 0 aliphatic rings. The number of furan rings is 1. The first kappa shape index (κ1) is 12.7. The van der Waals surface area contributed by atoms with E-state index in [-0.39, 0.29) is 5.76 Å². The molecule has 0 atom stereocenters. The van der Waals surface area contributed by atoms with Crippen molar-refractivity contribution in [3.05, 3.63) is 40.4 Å². The van der Waals surface area contributed by atoms with Gasteiger partial charge in [-0.1, -0.05) is 23.2 Å². The first-order chi connectivity index (χ1) is 7.88. The zero-order valence-corrected chi connectivity index (χ0v) is 10.7. The number of hydrogen-bond donors (Lipinski definition) is 2. The van der Waals surface area contributed by atoms with Crippen LogP contribution in [0, 0.1) is 0 Å². The van der Waals surface area contributed by atoms with E-state index in [1.807, 2.05) is 0 Å². The maximum atomic E-state index is 11.0. The van der Waals surface area contributed by atoms with E-state index >= 15 is 0 Å². The van der Waals surface area contributed by atoms with Crippen LogP contribution in [-0.2, 0) is 4.57 Å². The minimum absolute atomic E-state index is 0.282. The lowest BCUT2D eigenvalue weighted by atomic mass is 10.2. The quantitative estimate of drug-likeness (QED) is 0.835. The Labute approximate surface area is 107 Å². The summed E-state index contributed by atoms with van der Waals surface area (Å²) in [6.45, 7) is 0. The summed E-state index contributed by atoms with van der Waals surface area (Å²) in [4.78, 5) is 17.9. The van der Waals surface area contributed by atoms with Gasteiger partial charge in [0.25, 0.3) is 0 Å². The molecular formula is C10H7Cl2O4P. The first-order valence-electron chi connectivity index (χ1n) is 4.49. The van der Waals surface area contributed by atoms with Gasteiger partial charge in [0.2, 0.25) is 5.50 Å². The van der Waals surface area contributed by atoms with E-state index in [2.05, 4.69) is 0 Å². The smallest absolute Gasteiger partial charge is 0.391 e. The van der Waals surface area contributed by atoms with Crippen LogP contribution in [0.25, 0.3) is 11.3 Å². The highest BCUT2D eigenvalue weighted by Gasteiger charge is 2.22. The van der Waals surface area contributed by atoms with E-state index < -0.39 is 13.1 Å². The third-order valence-electron chi connectivity index (χ3n) is 2.08. The van der Waals surface area contributed by atoms with Gasteiger partial charge in [0, 0.05) is 10.6 Å². The summed E-state index contributed by atoms with van der Waals surface area (Å²) < 4.78 is 16.0. The summed E-state index contributed by atoms with van der Waals surface area (Å²) in [5.74, 6) is 0.282. The van der Waals surface area contributed by atoms with E-state index in [1.54, 1.807) is 12.1 Å². The monoisotopic (exact) mass is 292 g/mol. The van der Waals surface area contributed by atoms with Gasteiger partial charge in [-0.05, 0) is 30.3 Å². The zero-order valence-electron chi connectivity index (χ0n) is 8.30. The van der Waals surface area contributed by atoms with Gasteiger partial charge < -0.3 is 14.2 Å². The second-order valence-electron chi connectivity index (χ2n) is 3.31. The molecule has 90 valence electrons. The fraction of sp³-hybridized carbons (Fsp3) is 0. The predicted molar refractivity (Wildman–Crippen MR) is 65.8 cm³/mol. The molecule has 2 rings (SSSR count). The van der Waals surface area contributed by atoms with Crippen LogP contribution in [0.2, 0.25) is 10.0 Å². The molecule has 0 aliphatic carbocycles. The molecule has 2 aromatic rings. The summed E-state index contributed by atoms with van der Waals surface area (Å²) in [5, 5.41) is 0.824. The van der Waals surface area contributed by atoms with Crippen molar-refractivity contribution in [1.82, 2.24) is 0 Å². The van der Waals surface area contributed by atoms with Gasteiger partial charge in [-0.25, -0.2) is 0 Å². The van der Waals surface area contributed by atoms with Crippen LogP contribution in [0.5, 0.6) is 0 Å². The van der Waals surface area contributed by atoms with Gasteiger partial charge in [-0.15, -0.1) is 0 Å². The number of rotatable bonds is 2. The molecule has 17 heavy (non-hydrogen) atoms. The largest absolute Gasteiger partial charge is 0.448 e. The highest BCUT2D eigenvalue weighted by molar-refractivity contribution is 7.59. The van der Waals surface area contributed by atoms with E-state index in [4.69, 9.17) is 37.4 Å².